The summed E-state index contributed by atoms with van der Waals surface area (Å²) in [4.78, 5) is 27.1. The van der Waals surface area contributed by atoms with Crippen LogP contribution in [0.15, 0.2) is 52.7 Å². The quantitative estimate of drug-likeness (QED) is 0.164. The molecule has 1 N–H and O–H groups in total. The lowest BCUT2D eigenvalue weighted by Crippen LogP contribution is -2.29. The van der Waals surface area contributed by atoms with Crippen molar-refractivity contribution >= 4 is 80.8 Å². The van der Waals surface area contributed by atoms with E-state index in [1.54, 1.807) is 23.1 Å². The van der Waals surface area contributed by atoms with Crippen molar-refractivity contribution in [2.45, 2.75) is 6.42 Å². The number of nitrogens with zero attached hydrogens (tertiary/aromatic N) is 1. The molecular weight excluding hydrogens is 561 g/mol. The van der Waals surface area contributed by atoms with Gasteiger partial charge in [-0.15, -0.1) is 11.3 Å². The Kier molecular flexibility index (Phi) is 8.58. The number of halogens is 2. The lowest BCUT2D eigenvalue weighted by Gasteiger charge is -2.15. The average molecular weight is 581 g/mol. The van der Waals surface area contributed by atoms with E-state index in [2.05, 4.69) is 0 Å². The second kappa shape index (κ2) is 11.7. The van der Waals surface area contributed by atoms with Gasteiger partial charge in [0.25, 0.3) is 5.91 Å². The maximum absolute atomic E-state index is 13.0. The summed E-state index contributed by atoms with van der Waals surface area (Å²) in [6.07, 6.45) is 2.37. The summed E-state index contributed by atoms with van der Waals surface area (Å²) < 4.78 is 11.4. The molecule has 2 heterocycles. The van der Waals surface area contributed by atoms with Gasteiger partial charge < -0.3 is 14.6 Å². The van der Waals surface area contributed by atoms with Crippen molar-refractivity contribution in [2.75, 3.05) is 20.3 Å². The highest BCUT2D eigenvalue weighted by molar-refractivity contribution is 8.26. The molecule has 4 rings (SSSR count). The van der Waals surface area contributed by atoms with Crippen LogP contribution in [0.2, 0.25) is 10.0 Å². The monoisotopic (exact) mass is 579 g/mol. The molecule has 2 aromatic carbocycles. The Labute approximate surface area is 231 Å². The van der Waals surface area contributed by atoms with Crippen LogP contribution in [0.25, 0.3) is 17.2 Å². The molecule has 11 heteroatoms. The Balaban J connectivity index is 1.36. The van der Waals surface area contributed by atoms with Crippen LogP contribution < -0.4 is 9.47 Å². The molecule has 1 amide bonds. The van der Waals surface area contributed by atoms with Gasteiger partial charge in [0, 0.05) is 27.0 Å². The van der Waals surface area contributed by atoms with Crippen LogP contribution in [0, 0.1) is 0 Å². The van der Waals surface area contributed by atoms with Gasteiger partial charge in [0.1, 0.15) is 4.32 Å². The van der Waals surface area contributed by atoms with Crippen LogP contribution in [0.4, 0.5) is 0 Å². The van der Waals surface area contributed by atoms with E-state index in [9.17, 15) is 9.59 Å². The summed E-state index contributed by atoms with van der Waals surface area (Å²) >= 11 is 20.5. The molecule has 1 saturated heterocycles. The van der Waals surface area contributed by atoms with E-state index >= 15 is 0 Å². The first kappa shape index (κ1) is 26.5. The minimum absolute atomic E-state index is 0.109. The summed E-state index contributed by atoms with van der Waals surface area (Å²) in [7, 11) is 1.45. The topological polar surface area (TPSA) is 76.1 Å². The number of methoxy groups -OCH3 is 1. The molecule has 1 aliphatic rings. The van der Waals surface area contributed by atoms with Crippen molar-refractivity contribution in [1.82, 2.24) is 4.90 Å². The first-order valence-electron chi connectivity index (χ1n) is 10.6. The lowest BCUT2D eigenvalue weighted by molar-refractivity contribution is -0.122. The highest BCUT2D eigenvalue weighted by Gasteiger charge is 2.31. The zero-order valence-corrected chi connectivity index (χ0v) is 22.8. The molecule has 0 bridgehead atoms. The molecule has 0 radical (unpaired) electrons. The number of rotatable bonds is 9. The van der Waals surface area contributed by atoms with Crippen LogP contribution in [0.5, 0.6) is 11.5 Å². The van der Waals surface area contributed by atoms with Gasteiger partial charge in [0.05, 0.1) is 24.2 Å². The van der Waals surface area contributed by atoms with Gasteiger partial charge in [0.2, 0.25) is 0 Å². The van der Waals surface area contributed by atoms with Crippen molar-refractivity contribution in [3.8, 4) is 22.6 Å². The molecule has 0 unspecified atom stereocenters. The minimum atomic E-state index is -1.05. The first-order chi connectivity index (χ1) is 17.3. The summed E-state index contributed by atoms with van der Waals surface area (Å²) in [5.74, 6) is -0.427. The summed E-state index contributed by atoms with van der Waals surface area (Å²) in [5, 5.41) is 12.2. The van der Waals surface area contributed by atoms with Gasteiger partial charge in [-0.05, 0) is 59.8 Å². The number of hydrogen-bond acceptors (Lipinski definition) is 7. The van der Waals surface area contributed by atoms with Gasteiger partial charge in [-0.25, -0.2) is 4.79 Å². The fourth-order valence-electron chi connectivity index (χ4n) is 3.44. The fraction of sp³-hybridized carbons (Fsp3) is 0.160. The third kappa shape index (κ3) is 6.04. The number of amides is 1. The number of hydrogen-bond donors (Lipinski definition) is 1. The number of carbonyl (C=O) groups excluding carboxylic acids is 1. The van der Waals surface area contributed by atoms with E-state index in [0.29, 0.717) is 50.3 Å². The molecule has 0 saturated carbocycles. The number of aromatic carboxylic acids is 1. The molecule has 1 aliphatic heterocycles. The maximum Gasteiger partial charge on any atom is 0.335 e. The number of thiocarbonyl (C=S) groups is 1. The molecule has 0 spiro atoms. The highest BCUT2D eigenvalue weighted by Crippen LogP contribution is 2.37. The number of ether oxygens (including phenoxy) is 2. The van der Waals surface area contributed by atoms with E-state index in [0.717, 1.165) is 16.0 Å². The third-order valence-electron chi connectivity index (χ3n) is 5.20. The maximum atomic E-state index is 13.0. The smallest absolute Gasteiger partial charge is 0.335 e. The van der Waals surface area contributed by atoms with Gasteiger partial charge in [-0.3, -0.25) is 9.69 Å². The largest absolute Gasteiger partial charge is 0.493 e. The van der Waals surface area contributed by atoms with Gasteiger partial charge in [0.15, 0.2) is 11.5 Å². The zero-order chi connectivity index (χ0) is 25.8. The van der Waals surface area contributed by atoms with Crippen LogP contribution >= 0.6 is 58.5 Å². The lowest BCUT2D eigenvalue weighted by atomic mass is 10.1. The Morgan fingerprint density at radius 2 is 1.97 bits per heavy atom. The average Bonchev–Trinajstić information content (AvgIpc) is 3.41. The molecule has 1 aromatic heterocycles. The summed E-state index contributed by atoms with van der Waals surface area (Å²) in [6.45, 7) is 0.697. The second-order valence-corrected chi connectivity index (χ2v) is 11.0. The van der Waals surface area contributed by atoms with Crippen LogP contribution in [0.1, 0.15) is 21.7 Å². The molecule has 0 atom stereocenters. The fourth-order valence-corrected chi connectivity index (χ4v) is 6.17. The predicted molar refractivity (Wildman–Crippen MR) is 150 cm³/mol. The molecule has 6 nitrogen and oxygen atoms in total. The van der Waals surface area contributed by atoms with Crippen LogP contribution in [0.3, 0.4) is 0 Å². The standard InChI is InChI=1S/C25H19Cl2NO5S3/c1-32-21-10-14(24(30)31)3-6-20(21)33-8-2-7-28-23(29)22(36-25(28)34)12-17-9-15(13-35-17)18-5-4-16(26)11-19(18)27/h3-6,9-13H,2,7-8H2,1H3,(H,30,31)/b22-12-. The van der Waals surface area contributed by atoms with E-state index in [1.165, 1.54) is 42.3 Å². The van der Waals surface area contributed by atoms with Crippen molar-refractivity contribution in [3.63, 3.8) is 0 Å². The van der Waals surface area contributed by atoms with E-state index in [-0.39, 0.29) is 11.5 Å². The van der Waals surface area contributed by atoms with E-state index in [4.69, 9.17) is 50.0 Å². The molecule has 36 heavy (non-hydrogen) atoms. The van der Waals surface area contributed by atoms with E-state index in [1.807, 2.05) is 23.6 Å². The number of thioether (sulfide) groups is 1. The molecule has 0 aliphatic carbocycles. The van der Waals surface area contributed by atoms with Crippen molar-refractivity contribution in [1.29, 1.82) is 0 Å². The van der Waals surface area contributed by atoms with Gasteiger partial charge in [-0.2, -0.15) is 0 Å². The van der Waals surface area contributed by atoms with E-state index < -0.39 is 5.97 Å². The van der Waals surface area contributed by atoms with Crippen molar-refractivity contribution in [3.05, 3.63) is 73.2 Å². The molecule has 186 valence electrons. The normalized spacial score (nSPS) is 14.5. The zero-order valence-electron chi connectivity index (χ0n) is 18.8. The molecule has 3 aromatic rings. The number of carboxylic acids is 1. The van der Waals surface area contributed by atoms with Gasteiger partial charge in [-0.1, -0.05) is 53.2 Å². The number of benzene rings is 2. The molecular formula is C25H19Cl2NO5S3. The SMILES string of the molecule is COc1cc(C(=O)O)ccc1OCCCN1C(=O)/C(=C/c2cc(-c3ccc(Cl)cc3Cl)cs2)SC1=S. The first-order valence-corrected chi connectivity index (χ1v) is 13.5. The Morgan fingerprint density at radius 3 is 2.69 bits per heavy atom. The predicted octanol–water partition coefficient (Wildman–Crippen LogP) is 7.10. The minimum Gasteiger partial charge on any atom is -0.493 e. The third-order valence-corrected chi connectivity index (χ3v) is 8.01. The summed E-state index contributed by atoms with van der Waals surface area (Å²) in [5.41, 5.74) is 1.93. The molecule has 1 fully saturated rings. The van der Waals surface area contributed by atoms with Crippen LogP contribution in [-0.4, -0.2) is 46.5 Å². The van der Waals surface area contributed by atoms with Crippen molar-refractivity contribution in [2.24, 2.45) is 0 Å². The number of thiophene rings is 1. The van der Waals surface area contributed by atoms with Crippen molar-refractivity contribution < 1.29 is 24.2 Å². The Hall–Kier alpha value is -2.56. The Bertz CT molecular complexity index is 1370. The number of carboxylic acid groups (broad SMARTS) is 1. The summed E-state index contributed by atoms with van der Waals surface area (Å²) in [6, 6.07) is 11.7. The highest BCUT2D eigenvalue weighted by atomic mass is 35.5. The number of carbonyl (C=O) groups is 2. The van der Waals surface area contributed by atoms with Crippen LogP contribution in [-0.2, 0) is 4.79 Å². The Morgan fingerprint density at radius 1 is 1.17 bits per heavy atom. The second-order valence-electron chi connectivity index (χ2n) is 7.57. The van der Waals surface area contributed by atoms with Gasteiger partial charge >= 0.3 is 5.97 Å².